The number of benzene rings is 2. The number of carbonyl (C=O) groups is 1. The maximum absolute atomic E-state index is 11.8. The molecule has 4 nitrogen and oxygen atoms in total. The molecule has 6 heteroatoms. The van der Waals surface area contributed by atoms with E-state index in [9.17, 15) is 4.79 Å². The lowest BCUT2D eigenvalue weighted by Crippen LogP contribution is -2.20. The molecule has 0 atom stereocenters. The third-order valence-electron chi connectivity index (χ3n) is 2.44. The number of anilines is 2. The first-order chi connectivity index (χ1) is 9.54. The van der Waals surface area contributed by atoms with Crippen molar-refractivity contribution in [2.75, 3.05) is 17.7 Å². The van der Waals surface area contributed by atoms with Gasteiger partial charge in [0.15, 0.2) is 6.61 Å². The Balaban J connectivity index is 1.92. The molecule has 0 heterocycles. The van der Waals surface area contributed by atoms with Crippen LogP contribution in [0.25, 0.3) is 0 Å². The second kappa shape index (κ2) is 6.63. The molecule has 20 heavy (non-hydrogen) atoms. The van der Waals surface area contributed by atoms with Crippen LogP contribution in [0.15, 0.2) is 46.9 Å². The molecule has 0 fully saturated rings. The highest BCUT2D eigenvalue weighted by Gasteiger charge is 2.06. The van der Waals surface area contributed by atoms with Crippen molar-refractivity contribution < 1.29 is 9.53 Å². The Morgan fingerprint density at radius 3 is 2.65 bits per heavy atom. The predicted octanol–water partition coefficient (Wildman–Crippen LogP) is 3.70. The van der Waals surface area contributed by atoms with Crippen LogP contribution in [0.5, 0.6) is 5.75 Å². The van der Waals surface area contributed by atoms with Gasteiger partial charge in [-0.1, -0.05) is 11.6 Å². The summed E-state index contributed by atoms with van der Waals surface area (Å²) in [6.07, 6.45) is 0. The van der Waals surface area contributed by atoms with Gasteiger partial charge in [0, 0.05) is 22.5 Å². The first-order valence-electron chi connectivity index (χ1n) is 5.78. The zero-order chi connectivity index (χ0) is 14.5. The van der Waals surface area contributed by atoms with E-state index in [1.807, 2.05) is 0 Å². The van der Waals surface area contributed by atoms with Crippen LogP contribution in [0, 0.1) is 0 Å². The third kappa shape index (κ3) is 4.15. The van der Waals surface area contributed by atoms with Crippen molar-refractivity contribution in [2.24, 2.45) is 0 Å². The van der Waals surface area contributed by atoms with Gasteiger partial charge in [-0.2, -0.15) is 0 Å². The van der Waals surface area contributed by atoms with Crippen LogP contribution in [-0.4, -0.2) is 12.5 Å². The van der Waals surface area contributed by atoms with Gasteiger partial charge in [-0.3, -0.25) is 4.79 Å². The highest BCUT2D eigenvalue weighted by atomic mass is 79.9. The van der Waals surface area contributed by atoms with Crippen LogP contribution in [0.2, 0.25) is 5.02 Å². The number of ether oxygens (including phenoxy) is 1. The van der Waals surface area contributed by atoms with E-state index < -0.39 is 0 Å². The lowest BCUT2D eigenvalue weighted by molar-refractivity contribution is -0.118. The molecule has 0 unspecified atom stereocenters. The SMILES string of the molecule is Nc1ccc(Br)c(OCC(=O)Nc2ccc(Cl)cc2)c1. The molecule has 2 rings (SSSR count). The van der Waals surface area contributed by atoms with Gasteiger partial charge in [-0.05, 0) is 52.3 Å². The van der Waals surface area contributed by atoms with Gasteiger partial charge in [0.05, 0.1) is 4.47 Å². The van der Waals surface area contributed by atoms with Gasteiger partial charge in [-0.25, -0.2) is 0 Å². The summed E-state index contributed by atoms with van der Waals surface area (Å²) in [5.41, 5.74) is 6.89. The number of halogens is 2. The maximum atomic E-state index is 11.8. The van der Waals surface area contributed by atoms with E-state index in [-0.39, 0.29) is 12.5 Å². The fourth-order valence-electron chi connectivity index (χ4n) is 1.50. The van der Waals surface area contributed by atoms with Crippen molar-refractivity contribution in [3.8, 4) is 5.75 Å². The van der Waals surface area contributed by atoms with Crippen LogP contribution in [0.4, 0.5) is 11.4 Å². The summed E-state index contributed by atoms with van der Waals surface area (Å²) in [6, 6.07) is 12.0. The van der Waals surface area contributed by atoms with Gasteiger partial charge in [0.1, 0.15) is 5.75 Å². The Labute approximate surface area is 130 Å². The highest BCUT2D eigenvalue weighted by Crippen LogP contribution is 2.26. The molecule has 0 aliphatic rings. The average Bonchev–Trinajstić information content (AvgIpc) is 2.42. The lowest BCUT2D eigenvalue weighted by Gasteiger charge is -2.09. The fraction of sp³-hybridized carbons (Fsp3) is 0.0714. The second-order valence-corrected chi connectivity index (χ2v) is 5.32. The van der Waals surface area contributed by atoms with Crippen LogP contribution in [0.1, 0.15) is 0 Å². The number of hydrogen-bond donors (Lipinski definition) is 2. The van der Waals surface area contributed by atoms with Crippen molar-refractivity contribution in [3.05, 3.63) is 52.0 Å². The Bertz CT molecular complexity index is 617. The highest BCUT2D eigenvalue weighted by molar-refractivity contribution is 9.10. The van der Waals surface area contributed by atoms with E-state index >= 15 is 0 Å². The van der Waals surface area contributed by atoms with E-state index in [0.29, 0.717) is 22.1 Å². The molecule has 0 bridgehead atoms. The number of rotatable bonds is 4. The number of nitrogen functional groups attached to an aromatic ring is 1. The van der Waals surface area contributed by atoms with E-state index in [1.165, 1.54) is 0 Å². The summed E-state index contributed by atoms with van der Waals surface area (Å²) in [7, 11) is 0. The van der Waals surface area contributed by atoms with Crippen LogP contribution < -0.4 is 15.8 Å². The van der Waals surface area contributed by atoms with Crippen LogP contribution in [-0.2, 0) is 4.79 Å². The molecule has 0 aliphatic heterocycles. The normalized spacial score (nSPS) is 10.1. The zero-order valence-corrected chi connectivity index (χ0v) is 12.7. The number of amides is 1. The largest absolute Gasteiger partial charge is 0.483 e. The average molecular weight is 356 g/mol. The minimum absolute atomic E-state index is 0.106. The molecular weight excluding hydrogens is 344 g/mol. The molecular formula is C14H12BrClN2O2. The molecule has 3 N–H and O–H groups in total. The minimum atomic E-state index is -0.262. The van der Waals surface area contributed by atoms with Crippen molar-refractivity contribution in [1.82, 2.24) is 0 Å². The van der Waals surface area contributed by atoms with Gasteiger partial charge in [-0.15, -0.1) is 0 Å². The Morgan fingerprint density at radius 1 is 1.25 bits per heavy atom. The van der Waals surface area contributed by atoms with Gasteiger partial charge < -0.3 is 15.8 Å². The molecule has 104 valence electrons. The fourth-order valence-corrected chi connectivity index (χ4v) is 1.99. The number of carbonyl (C=O) groups excluding carboxylic acids is 1. The Kier molecular flexibility index (Phi) is 4.87. The Morgan fingerprint density at radius 2 is 1.95 bits per heavy atom. The molecule has 0 spiro atoms. The quantitative estimate of drug-likeness (QED) is 0.822. The standard InChI is InChI=1S/C14H12BrClN2O2/c15-12-6-3-10(17)7-13(12)20-8-14(19)18-11-4-1-9(16)2-5-11/h1-7H,8,17H2,(H,18,19). The summed E-state index contributed by atoms with van der Waals surface area (Å²) in [5, 5.41) is 3.32. The van der Waals surface area contributed by atoms with E-state index in [2.05, 4.69) is 21.2 Å². The molecule has 0 radical (unpaired) electrons. The van der Waals surface area contributed by atoms with Crippen molar-refractivity contribution >= 4 is 44.8 Å². The molecule has 1 amide bonds. The number of nitrogens with one attached hydrogen (secondary N) is 1. The summed E-state index contributed by atoms with van der Waals surface area (Å²) in [6.45, 7) is -0.106. The molecule has 0 saturated heterocycles. The number of hydrogen-bond acceptors (Lipinski definition) is 3. The first kappa shape index (κ1) is 14.7. The number of nitrogens with two attached hydrogens (primary N) is 1. The summed E-state index contributed by atoms with van der Waals surface area (Å²) in [4.78, 5) is 11.8. The summed E-state index contributed by atoms with van der Waals surface area (Å²) in [5.74, 6) is 0.262. The van der Waals surface area contributed by atoms with Crippen LogP contribution >= 0.6 is 27.5 Å². The maximum Gasteiger partial charge on any atom is 0.262 e. The minimum Gasteiger partial charge on any atom is -0.483 e. The molecule has 2 aromatic rings. The topological polar surface area (TPSA) is 64.3 Å². The van der Waals surface area contributed by atoms with Crippen LogP contribution in [0.3, 0.4) is 0 Å². The monoisotopic (exact) mass is 354 g/mol. The first-order valence-corrected chi connectivity index (χ1v) is 6.95. The third-order valence-corrected chi connectivity index (χ3v) is 3.35. The summed E-state index contributed by atoms with van der Waals surface area (Å²) < 4.78 is 6.15. The summed E-state index contributed by atoms with van der Waals surface area (Å²) >= 11 is 9.10. The van der Waals surface area contributed by atoms with E-state index in [1.54, 1.807) is 42.5 Å². The molecule has 0 saturated carbocycles. The second-order valence-electron chi connectivity index (χ2n) is 4.03. The van der Waals surface area contributed by atoms with Gasteiger partial charge >= 0.3 is 0 Å². The van der Waals surface area contributed by atoms with Gasteiger partial charge in [0.25, 0.3) is 5.91 Å². The lowest BCUT2D eigenvalue weighted by atomic mass is 10.3. The van der Waals surface area contributed by atoms with Crippen molar-refractivity contribution in [2.45, 2.75) is 0 Å². The smallest absolute Gasteiger partial charge is 0.262 e. The Hall–Kier alpha value is -1.72. The molecule has 2 aromatic carbocycles. The molecule has 0 aromatic heterocycles. The predicted molar refractivity (Wildman–Crippen MR) is 84.1 cm³/mol. The van der Waals surface area contributed by atoms with Gasteiger partial charge in [0.2, 0.25) is 0 Å². The van der Waals surface area contributed by atoms with E-state index in [4.69, 9.17) is 22.1 Å². The van der Waals surface area contributed by atoms with Crippen molar-refractivity contribution in [1.29, 1.82) is 0 Å². The van der Waals surface area contributed by atoms with E-state index in [0.717, 1.165) is 4.47 Å². The zero-order valence-electron chi connectivity index (χ0n) is 10.4. The van der Waals surface area contributed by atoms with Crippen molar-refractivity contribution in [3.63, 3.8) is 0 Å². The molecule has 0 aliphatic carbocycles.